The van der Waals surface area contributed by atoms with E-state index >= 15 is 0 Å². The lowest BCUT2D eigenvalue weighted by Gasteiger charge is -2.30. The highest BCUT2D eigenvalue weighted by Crippen LogP contribution is 2.49. The minimum atomic E-state index is 0.128. The zero-order chi connectivity index (χ0) is 13.1. The average molecular weight is 245 g/mol. The summed E-state index contributed by atoms with van der Waals surface area (Å²) in [4.78, 5) is 12.2. The standard InChI is InChI=1S/C16H23NO/c1-5-11-7-13(11)17-10(2)6-12-14(17)8-16(3,4)9-15(12)18/h6,11,13H,5,7-9H2,1-4H3. The first-order valence-corrected chi connectivity index (χ1v) is 7.17. The molecule has 1 heterocycles. The van der Waals surface area contributed by atoms with Gasteiger partial charge in [0.1, 0.15) is 0 Å². The maximum Gasteiger partial charge on any atom is 0.165 e. The van der Waals surface area contributed by atoms with Crippen molar-refractivity contribution in [3.05, 3.63) is 23.0 Å². The second-order valence-corrected chi connectivity index (χ2v) is 6.93. The van der Waals surface area contributed by atoms with Crippen molar-refractivity contribution < 1.29 is 4.79 Å². The van der Waals surface area contributed by atoms with Gasteiger partial charge in [-0.05, 0) is 37.2 Å². The number of carbonyl (C=O) groups excluding carboxylic acids is 1. The molecule has 2 nitrogen and oxygen atoms in total. The number of ketones is 1. The van der Waals surface area contributed by atoms with Crippen molar-refractivity contribution in [3.63, 3.8) is 0 Å². The number of aromatic nitrogens is 1. The molecule has 2 heteroatoms. The van der Waals surface area contributed by atoms with Crippen LogP contribution in [0.15, 0.2) is 6.07 Å². The largest absolute Gasteiger partial charge is 0.345 e. The Balaban J connectivity index is 2.04. The summed E-state index contributed by atoms with van der Waals surface area (Å²) in [5.41, 5.74) is 3.73. The van der Waals surface area contributed by atoms with Gasteiger partial charge in [-0.3, -0.25) is 4.79 Å². The van der Waals surface area contributed by atoms with E-state index in [9.17, 15) is 4.79 Å². The van der Waals surface area contributed by atoms with Gasteiger partial charge in [0.25, 0.3) is 0 Å². The van der Waals surface area contributed by atoms with Crippen LogP contribution in [0.2, 0.25) is 0 Å². The molecule has 2 unspecified atom stereocenters. The first-order valence-electron chi connectivity index (χ1n) is 7.17. The lowest BCUT2D eigenvalue weighted by Crippen LogP contribution is -2.28. The number of hydrogen-bond acceptors (Lipinski definition) is 1. The maximum absolute atomic E-state index is 12.2. The van der Waals surface area contributed by atoms with Crippen LogP contribution in [-0.2, 0) is 6.42 Å². The SMILES string of the molecule is CCC1CC1n1c(C)cc2c1CC(C)(C)CC2=O. The summed E-state index contributed by atoms with van der Waals surface area (Å²) in [7, 11) is 0. The molecule has 1 aromatic rings. The van der Waals surface area contributed by atoms with Gasteiger partial charge in [0, 0.05) is 29.4 Å². The van der Waals surface area contributed by atoms with E-state index in [1.54, 1.807) is 0 Å². The Kier molecular flexibility index (Phi) is 2.48. The van der Waals surface area contributed by atoms with Crippen LogP contribution < -0.4 is 0 Å². The highest BCUT2D eigenvalue weighted by Gasteiger charge is 2.42. The second-order valence-electron chi connectivity index (χ2n) is 6.93. The van der Waals surface area contributed by atoms with E-state index in [1.165, 1.54) is 24.2 Å². The smallest absolute Gasteiger partial charge is 0.165 e. The number of nitrogens with zero attached hydrogens (tertiary/aromatic N) is 1. The molecular weight excluding hydrogens is 222 g/mol. The summed E-state index contributed by atoms with van der Waals surface area (Å²) < 4.78 is 2.47. The molecule has 0 N–H and O–H groups in total. The molecule has 2 aliphatic rings. The minimum Gasteiger partial charge on any atom is -0.345 e. The van der Waals surface area contributed by atoms with Gasteiger partial charge in [-0.15, -0.1) is 0 Å². The van der Waals surface area contributed by atoms with Crippen LogP contribution in [0.3, 0.4) is 0 Å². The highest BCUT2D eigenvalue weighted by atomic mass is 16.1. The Hall–Kier alpha value is -1.05. The Morgan fingerprint density at radius 1 is 1.39 bits per heavy atom. The molecule has 2 atom stereocenters. The Bertz CT molecular complexity index is 509. The first-order chi connectivity index (χ1) is 8.43. The number of fused-ring (bicyclic) bond motifs is 1. The lowest BCUT2D eigenvalue weighted by atomic mass is 9.76. The molecule has 1 fully saturated rings. The normalized spacial score (nSPS) is 29.2. The van der Waals surface area contributed by atoms with Gasteiger partial charge in [-0.25, -0.2) is 0 Å². The molecule has 0 saturated heterocycles. The van der Waals surface area contributed by atoms with Crippen molar-refractivity contribution in [2.45, 2.75) is 59.4 Å². The van der Waals surface area contributed by atoms with E-state index in [-0.39, 0.29) is 5.41 Å². The van der Waals surface area contributed by atoms with E-state index < -0.39 is 0 Å². The molecule has 18 heavy (non-hydrogen) atoms. The second kappa shape index (κ2) is 3.72. The zero-order valence-electron chi connectivity index (χ0n) is 11.9. The van der Waals surface area contributed by atoms with Gasteiger partial charge < -0.3 is 4.57 Å². The van der Waals surface area contributed by atoms with Crippen LogP contribution in [0.1, 0.15) is 67.8 Å². The van der Waals surface area contributed by atoms with Crippen LogP contribution in [0, 0.1) is 18.3 Å². The highest BCUT2D eigenvalue weighted by molar-refractivity contribution is 5.99. The summed E-state index contributed by atoms with van der Waals surface area (Å²) in [6, 6.07) is 2.79. The van der Waals surface area contributed by atoms with Crippen molar-refractivity contribution in [2.75, 3.05) is 0 Å². The molecule has 0 aromatic carbocycles. The van der Waals surface area contributed by atoms with Crippen molar-refractivity contribution in [1.82, 2.24) is 4.57 Å². The molecule has 0 bridgehead atoms. The van der Waals surface area contributed by atoms with E-state index in [1.807, 2.05) is 0 Å². The summed E-state index contributed by atoms with van der Waals surface area (Å²) in [6.45, 7) is 8.85. The summed E-state index contributed by atoms with van der Waals surface area (Å²) >= 11 is 0. The predicted molar refractivity (Wildman–Crippen MR) is 73.0 cm³/mol. The number of rotatable bonds is 2. The number of Topliss-reactive ketones (excluding diaryl/α,β-unsaturated/α-hetero) is 1. The molecular formula is C16H23NO. The summed E-state index contributed by atoms with van der Waals surface area (Å²) in [5.74, 6) is 1.18. The molecule has 0 amide bonds. The van der Waals surface area contributed by atoms with Gasteiger partial charge >= 0.3 is 0 Å². The molecule has 0 radical (unpaired) electrons. The van der Waals surface area contributed by atoms with Gasteiger partial charge in [0.2, 0.25) is 0 Å². The fraction of sp³-hybridized carbons (Fsp3) is 0.688. The molecule has 1 aromatic heterocycles. The number of aryl methyl sites for hydroxylation is 1. The van der Waals surface area contributed by atoms with Crippen LogP contribution in [0.5, 0.6) is 0 Å². The maximum atomic E-state index is 12.2. The minimum absolute atomic E-state index is 0.128. The summed E-state index contributed by atoms with van der Waals surface area (Å²) in [6.07, 6.45) is 4.31. The zero-order valence-corrected chi connectivity index (χ0v) is 11.9. The third-order valence-corrected chi connectivity index (χ3v) is 4.66. The van der Waals surface area contributed by atoms with E-state index in [2.05, 4.69) is 38.3 Å². The molecule has 2 aliphatic carbocycles. The van der Waals surface area contributed by atoms with E-state index in [0.29, 0.717) is 18.2 Å². The monoisotopic (exact) mass is 245 g/mol. The molecule has 1 saturated carbocycles. The van der Waals surface area contributed by atoms with Gasteiger partial charge in [0.15, 0.2) is 5.78 Å². The van der Waals surface area contributed by atoms with Gasteiger partial charge in [0.05, 0.1) is 0 Å². The Morgan fingerprint density at radius 2 is 2.11 bits per heavy atom. The molecule has 0 aliphatic heterocycles. The van der Waals surface area contributed by atoms with E-state index in [4.69, 9.17) is 0 Å². The Morgan fingerprint density at radius 3 is 2.72 bits per heavy atom. The topological polar surface area (TPSA) is 22.0 Å². The van der Waals surface area contributed by atoms with Crippen molar-refractivity contribution in [3.8, 4) is 0 Å². The van der Waals surface area contributed by atoms with Crippen molar-refractivity contribution in [1.29, 1.82) is 0 Å². The van der Waals surface area contributed by atoms with Gasteiger partial charge in [-0.2, -0.15) is 0 Å². The third kappa shape index (κ3) is 1.73. The van der Waals surface area contributed by atoms with Crippen LogP contribution in [-0.4, -0.2) is 10.4 Å². The Labute approximate surface area is 109 Å². The van der Waals surface area contributed by atoms with Crippen LogP contribution >= 0.6 is 0 Å². The summed E-state index contributed by atoms with van der Waals surface area (Å²) in [5, 5.41) is 0. The van der Waals surface area contributed by atoms with Crippen LogP contribution in [0.4, 0.5) is 0 Å². The number of carbonyl (C=O) groups is 1. The lowest BCUT2D eigenvalue weighted by molar-refractivity contribution is 0.0910. The molecule has 0 spiro atoms. The predicted octanol–water partition coefficient (Wildman–Crippen LogP) is 3.92. The van der Waals surface area contributed by atoms with Crippen molar-refractivity contribution in [2.24, 2.45) is 11.3 Å². The fourth-order valence-electron chi connectivity index (χ4n) is 3.62. The number of hydrogen-bond donors (Lipinski definition) is 0. The molecule has 98 valence electrons. The third-order valence-electron chi connectivity index (χ3n) is 4.66. The first kappa shape index (κ1) is 12.0. The quantitative estimate of drug-likeness (QED) is 0.774. The van der Waals surface area contributed by atoms with Crippen molar-refractivity contribution >= 4 is 5.78 Å². The molecule has 3 rings (SSSR count). The van der Waals surface area contributed by atoms with E-state index in [0.717, 1.165) is 17.9 Å². The van der Waals surface area contributed by atoms with Gasteiger partial charge in [-0.1, -0.05) is 27.2 Å². The van der Waals surface area contributed by atoms with Crippen LogP contribution in [0.25, 0.3) is 0 Å². The average Bonchev–Trinajstić information content (AvgIpc) is 2.95. The fourth-order valence-corrected chi connectivity index (χ4v) is 3.62.